The predicted octanol–water partition coefficient (Wildman–Crippen LogP) is 4.40. The molecule has 0 saturated heterocycles. The second-order valence-electron chi connectivity index (χ2n) is 7.95. The van der Waals surface area contributed by atoms with Gasteiger partial charge in [0.1, 0.15) is 6.33 Å². The summed E-state index contributed by atoms with van der Waals surface area (Å²) in [5.41, 5.74) is 4.00. The minimum Gasteiger partial charge on any atom is -0.289 e. The number of tetrazole rings is 1. The minimum absolute atomic E-state index is 0.176. The molecule has 2 aromatic carbocycles. The van der Waals surface area contributed by atoms with Crippen molar-refractivity contribution >= 4 is 0 Å². The van der Waals surface area contributed by atoms with Crippen molar-refractivity contribution in [2.45, 2.75) is 52.6 Å². The van der Waals surface area contributed by atoms with E-state index in [2.05, 4.69) is 15.5 Å². The number of rotatable bonds is 8. The number of imidazole rings is 1. The van der Waals surface area contributed by atoms with Crippen LogP contribution in [0.25, 0.3) is 16.8 Å². The van der Waals surface area contributed by atoms with Crippen molar-refractivity contribution in [3.8, 4) is 16.8 Å². The Morgan fingerprint density at radius 2 is 1.81 bits per heavy atom. The third-order valence-corrected chi connectivity index (χ3v) is 5.84. The molecule has 0 aliphatic heterocycles. The van der Waals surface area contributed by atoms with Gasteiger partial charge in [-0.3, -0.25) is 9.13 Å². The van der Waals surface area contributed by atoms with Crippen LogP contribution in [0.2, 0.25) is 0 Å². The van der Waals surface area contributed by atoms with Crippen LogP contribution < -0.4 is 5.69 Å². The standard InChI is InChI=1S/C24H27FN6O/c1-4-8-22-23(25)31(17(3)5-2)24(32)29(22)15-18-11-13-19(14-12-18)20-9-6-7-10-21(20)30-16-26-27-28-30/h6-7,9-14,16-17H,4-5,8,15H2,1-3H3. The van der Waals surface area contributed by atoms with E-state index in [1.165, 1.54) is 4.57 Å². The van der Waals surface area contributed by atoms with Crippen molar-refractivity contribution < 1.29 is 4.39 Å². The Morgan fingerprint density at radius 1 is 1.06 bits per heavy atom. The quantitative estimate of drug-likeness (QED) is 0.412. The van der Waals surface area contributed by atoms with Gasteiger partial charge in [-0.05, 0) is 47.4 Å². The van der Waals surface area contributed by atoms with Gasteiger partial charge < -0.3 is 0 Å². The van der Waals surface area contributed by atoms with E-state index in [-0.39, 0.29) is 11.7 Å². The molecule has 0 saturated carbocycles. The van der Waals surface area contributed by atoms with Crippen LogP contribution in [0.3, 0.4) is 0 Å². The smallest absolute Gasteiger partial charge is 0.289 e. The summed E-state index contributed by atoms with van der Waals surface area (Å²) in [4.78, 5) is 13.0. The van der Waals surface area contributed by atoms with Gasteiger partial charge in [0.05, 0.1) is 17.9 Å². The van der Waals surface area contributed by atoms with Gasteiger partial charge in [0.15, 0.2) is 0 Å². The Bertz CT molecular complexity index is 1240. The summed E-state index contributed by atoms with van der Waals surface area (Å²) >= 11 is 0. The van der Waals surface area contributed by atoms with E-state index in [0.29, 0.717) is 25.1 Å². The summed E-state index contributed by atoms with van der Waals surface area (Å²) < 4.78 is 19.6. The third kappa shape index (κ3) is 4.00. The number of nitrogens with zero attached hydrogens (tertiary/aromatic N) is 6. The molecule has 2 heterocycles. The lowest BCUT2D eigenvalue weighted by molar-refractivity contribution is 0.413. The molecule has 0 N–H and O–H groups in total. The SMILES string of the molecule is CCCc1c(F)n(C(C)CC)c(=O)n1Cc1ccc(-c2ccccc2-n2cnnn2)cc1. The molecule has 0 fully saturated rings. The Balaban J connectivity index is 1.67. The maximum atomic E-state index is 15.1. The van der Waals surface area contributed by atoms with Crippen molar-refractivity contribution in [3.05, 3.63) is 82.5 Å². The molecule has 7 nitrogen and oxygen atoms in total. The van der Waals surface area contributed by atoms with Crippen LogP contribution in [0.4, 0.5) is 4.39 Å². The number of para-hydroxylation sites is 1. The highest BCUT2D eigenvalue weighted by Crippen LogP contribution is 2.26. The summed E-state index contributed by atoms with van der Waals surface area (Å²) in [6.07, 6.45) is 3.56. The largest absolute Gasteiger partial charge is 0.331 e. The average molecular weight is 435 g/mol. The maximum absolute atomic E-state index is 15.1. The molecule has 32 heavy (non-hydrogen) atoms. The maximum Gasteiger partial charge on any atom is 0.331 e. The lowest BCUT2D eigenvalue weighted by atomic mass is 10.0. The number of aromatic nitrogens is 6. The van der Waals surface area contributed by atoms with Crippen LogP contribution in [-0.2, 0) is 13.0 Å². The van der Waals surface area contributed by atoms with Gasteiger partial charge in [-0.25, -0.2) is 4.79 Å². The normalized spacial score (nSPS) is 12.2. The first-order valence-corrected chi connectivity index (χ1v) is 11.0. The summed E-state index contributed by atoms with van der Waals surface area (Å²) in [7, 11) is 0. The fourth-order valence-corrected chi connectivity index (χ4v) is 3.94. The number of hydrogen-bond acceptors (Lipinski definition) is 4. The molecular formula is C24H27FN6O. The molecule has 0 bridgehead atoms. The number of halogens is 1. The lowest BCUT2D eigenvalue weighted by Crippen LogP contribution is -2.27. The summed E-state index contributed by atoms with van der Waals surface area (Å²) in [6.45, 7) is 6.16. The lowest BCUT2D eigenvalue weighted by Gasteiger charge is -2.11. The Labute approximate surface area is 186 Å². The Morgan fingerprint density at radius 3 is 2.47 bits per heavy atom. The van der Waals surface area contributed by atoms with Crippen LogP contribution >= 0.6 is 0 Å². The van der Waals surface area contributed by atoms with Gasteiger partial charge in [0, 0.05) is 11.6 Å². The van der Waals surface area contributed by atoms with Gasteiger partial charge in [-0.2, -0.15) is 9.07 Å². The van der Waals surface area contributed by atoms with Crippen molar-refractivity contribution in [2.24, 2.45) is 0 Å². The van der Waals surface area contributed by atoms with Gasteiger partial charge in [-0.15, -0.1) is 5.10 Å². The molecule has 1 atom stereocenters. The average Bonchev–Trinajstić information content (AvgIpc) is 3.43. The van der Waals surface area contributed by atoms with E-state index in [9.17, 15) is 4.79 Å². The van der Waals surface area contributed by atoms with Gasteiger partial charge in [-0.1, -0.05) is 62.7 Å². The van der Waals surface area contributed by atoms with Crippen LogP contribution in [0, 0.1) is 5.95 Å². The highest BCUT2D eigenvalue weighted by molar-refractivity contribution is 5.72. The molecule has 0 aliphatic rings. The molecule has 1 unspecified atom stereocenters. The zero-order valence-corrected chi connectivity index (χ0v) is 18.6. The molecular weight excluding hydrogens is 407 g/mol. The molecule has 8 heteroatoms. The van der Waals surface area contributed by atoms with Crippen molar-refractivity contribution in [2.75, 3.05) is 0 Å². The first-order chi connectivity index (χ1) is 15.5. The number of hydrogen-bond donors (Lipinski definition) is 0. The highest BCUT2D eigenvalue weighted by Gasteiger charge is 2.22. The minimum atomic E-state index is -0.404. The van der Waals surface area contributed by atoms with Crippen LogP contribution in [0.15, 0.2) is 59.7 Å². The zero-order chi connectivity index (χ0) is 22.7. The summed E-state index contributed by atoms with van der Waals surface area (Å²) in [5, 5.41) is 11.4. The fourth-order valence-electron chi connectivity index (χ4n) is 3.94. The van der Waals surface area contributed by atoms with Crippen molar-refractivity contribution in [1.29, 1.82) is 0 Å². The summed E-state index contributed by atoms with van der Waals surface area (Å²) in [6, 6.07) is 15.7. The fraction of sp³-hybridized carbons (Fsp3) is 0.333. The van der Waals surface area contributed by atoms with Crippen LogP contribution in [0.1, 0.15) is 50.9 Å². The van der Waals surface area contributed by atoms with Crippen molar-refractivity contribution in [1.82, 2.24) is 29.3 Å². The highest BCUT2D eigenvalue weighted by atomic mass is 19.1. The zero-order valence-electron chi connectivity index (χ0n) is 18.6. The van der Waals surface area contributed by atoms with E-state index < -0.39 is 5.95 Å². The van der Waals surface area contributed by atoms with E-state index in [1.54, 1.807) is 15.6 Å². The van der Waals surface area contributed by atoms with Gasteiger partial charge >= 0.3 is 5.69 Å². The second kappa shape index (κ2) is 9.30. The molecule has 4 aromatic rings. The van der Waals surface area contributed by atoms with E-state index >= 15 is 4.39 Å². The van der Waals surface area contributed by atoms with E-state index in [0.717, 1.165) is 28.8 Å². The molecule has 2 aromatic heterocycles. The monoisotopic (exact) mass is 434 g/mol. The van der Waals surface area contributed by atoms with Crippen LogP contribution in [0.5, 0.6) is 0 Å². The third-order valence-electron chi connectivity index (χ3n) is 5.84. The topological polar surface area (TPSA) is 70.5 Å². The van der Waals surface area contributed by atoms with E-state index in [1.807, 2.05) is 69.3 Å². The molecule has 0 aliphatic carbocycles. The number of benzene rings is 2. The molecule has 4 rings (SSSR count). The molecule has 0 radical (unpaired) electrons. The van der Waals surface area contributed by atoms with Crippen LogP contribution in [-0.4, -0.2) is 29.3 Å². The molecule has 0 amide bonds. The summed E-state index contributed by atoms with van der Waals surface area (Å²) in [5.74, 6) is -0.404. The molecule has 166 valence electrons. The Hall–Kier alpha value is -3.55. The van der Waals surface area contributed by atoms with Crippen molar-refractivity contribution in [3.63, 3.8) is 0 Å². The first kappa shape index (κ1) is 21.7. The second-order valence-corrected chi connectivity index (χ2v) is 7.95. The Kier molecular flexibility index (Phi) is 6.30. The predicted molar refractivity (Wildman–Crippen MR) is 121 cm³/mol. The van der Waals surface area contributed by atoms with Gasteiger partial charge in [0.25, 0.3) is 0 Å². The molecule has 0 spiro atoms. The van der Waals surface area contributed by atoms with Gasteiger partial charge in [0.2, 0.25) is 5.95 Å². The first-order valence-electron chi connectivity index (χ1n) is 11.0. The van der Waals surface area contributed by atoms with E-state index in [4.69, 9.17) is 0 Å².